The summed E-state index contributed by atoms with van der Waals surface area (Å²) >= 11 is 0. The Labute approximate surface area is 201 Å². The van der Waals surface area contributed by atoms with Gasteiger partial charge in [0.05, 0.1) is 11.5 Å². The third-order valence-electron chi connectivity index (χ3n) is 13.3. The van der Waals surface area contributed by atoms with Crippen LogP contribution in [0.4, 0.5) is 0 Å². The maximum absolute atomic E-state index is 12.3. The van der Waals surface area contributed by atoms with Gasteiger partial charge in [-0.3, -0.25) is 4.79 Å². The van der Waals surface area contributed by atoms with Crippen LogP contribution >= 0.6 is 0 Å². The van der Waals surface area contributed by atoms with E-state index < -0.39 is 11.4 Å². The van der Waals surface area contributed by atoms with Gasteiger partial charge in [0.1, 0.15) is 0 Å². The molecule has 0 heterocycles. The number of aliphatic hydroxyl groups is 1. The van der Waals surface area contributed by atoms with Crippen LogP contribution in [0.25, 0.3) is 0 Å². The highest BCUT2D eigenvalue weighted by molar-refractivity contribution is 5.74. The van der Waals surface area contributed by atoms with Gasteiger partial charge in [-0.15, -0.1) is 0 Å². The fraction of sp³-hybridized carbons (Fsp3) is 0.900. The topological polar surface area (TPSA) is 57.5 Å². The number of hydrogen-bond acceptors (Lipinski definition) is 2. The zero-order chi connectivity index (χ0) is 24.2. The molecule has 9 unspecified atom stereocenters. The lowest BCUT2D eigenvalue weighted by atomic mass is 9.34. The number of aliphatic carboxylic acids is 1. The Kier molecular flexibility index (Phi) is 4.99. The van der Waals surface area contributed by atoms with Gasteiger partial charge in [0.2, 0.25) is 0 Å². The minimum atomic E-state index is -0.593. The highest BCUT2D eigenvalue weighted by atomic mass is 16.4. The summed E-state index contributed by atoms with van der Waals surface area (Å²) in [5.41, 5.74) is 1.96. The van der Waals surface area contributed by atoms with Crippen molar-refractivity contribution < 1.29 is 15.0 Å². The third-order valence-corrected chi connectivity index (χ3v) is 13.3. The van der Waals surface area contributed by atoms with E-state index in [1.165, 1.54) is 25.7 Å². The van der Waals surface area contributed by atoms with Crippen LogP contribution in [0.3, 0.4) is 0 Å². The van der Waals surface area contributed by atoms with E-state index in [4.69, 9.17) is 0 Å². The van der Waals surface area contributed by atoms with Crippen LogP contribution in [-0.4, -0.2) is 22.3 Å². The Hall–Kier alpha value is -0.830. The molecule has 0 aromatic heterocycles. The molecule has 0 radical (unpaired) electrons. The van der Waals surface area contributed by atoms with Crippen molar-refractivity contribution in [2.75, 3.05) is 0 Å². The second-order valence-electron chi connectivity index (χ2n) is 14.9. The molecule has 3 heteroatoms. The smallest absolute Gasteiger partial charge is 0.309 e. The van der Waals surface area contributed by atoms with E-state index in [0.717, 1.165) is 38.5 Å². The molecule has 0 aliphatic heterocycles. The van der Waals surface area contributed by atoms with E-state index in [1.54, 1.807) is 5.57 Å². The fourth-order valence-corrected chi connectivity index (χ4v) is 10.5. The lowest BCUT2D eigenvalue weighted by molar-refractivity contribution is -0.187. The van der Waals surface area contributed by atoms with Crippen molar-refractivity contribution >= 4 is 5.97 Å². The van der Waals surface area contributed by atoms with Crippen molar-refractivity contribution in [2.45, 2.75) is 119 Å². The molecule has 3 nitrogen and oxygen atoms in total. The maximum Gasteiger partial charge on any atom is 0.309 e. The summed E-state index contributed by atoms with van der Waals surface area (Å²) in [6.07, 6.45) is 13.2. The Morgan fingerprint density at radius 2 is 1.55 bits per heavy atom. The van der Waals surface area contributed by atoms with Crippen LogP contribution in [0.2, 0.25) is 0 Å². The molecule has 0 saturated heterocycles. The van der Waals surface area contributed by atoms with E-state index in [2.05, 4.69) is 47.6 Å². The monoisotopic (exact) mass is 456 g/mol. The second kappa shape index (κ2) is 6.89. The molecule has 0 amide bonds. The Morgan fingerprint density at radius 1 is 0.879 bits per heavy atom. The van der Waals surface area contributed by atoms with Crippen LogP contribution < -0.4 is 0 Å². The first-order chi connectivity index (χ1) is 15.1. The normalized spacial score (nSPS) is 55.3. The van der Waals surface area contributed by atoms with Gasteiger partial charge < -0.3 is 10.2 Å². The molecule has 4 fully saturated rings. The summed E-state index contributed by atoms with van der Waals surface area (Å²) in [6.45, 7) is 16.7. The molecule has 33 heavy (non-hydrogen) atoms. The lowest BCUT2D eigenvalue weighted by Gasteiger charge is -2.71. The van der Waals surface area contributed by atoms with Gasteiger partial charge in [-0.05, 0) is 116 Å². The summed E-state index contributed by atoms with van der Waals surface area (Å²) in [6, 6.07) is 0. The number of fused-ring (bicyclic) bond motifs is 7. The first-order valence-corrected chi connectivity index (χ1v) is 13.8. The molecular formula is C30H48O3. The highest BCUT2D eigenvalue weighted by Crippen LogP contribution is 2.75. The average Bonchev–Trinajstić information content (AvgIpc) is 2.74. The standard InChI is InChI=1S/C30H48O3/c1-25(2)21-9-8-20-19(28(21,5)12-11-23(25)31)10-13-30(7)22-18-27(4,24(32)33)15-14-26(22,3)16-17-29(20,30)6/h8,19,21-23,31H,9-18H2,1-7H3,(H,32,33). The van der Waals surface area contributed by atoms with Crippen molar-refractivity contribution in [2.24, 2.45) is 50.2 Å². The number of aliphatic hydroxyl groups excluding tert-OH is 1. The molecule has 9 atom stereocenters. The molecule has 0 aromatic carbocycles. The molecule has 186 valence electrons. The zero-order valence-corrected chi connectivity index (χ0v) is 22.3. The van der Waals surface area contributed by atoms with E-state index in [1.807, 2.05) is 6.92 Å². The number of hydrogen-bond donors (Lipinski definition) is 2. The van der Waals surface area contributed by atoms with Crippen LogP contribution in [0.5, 0.6) is 0 Å². The minimum absolute atomic E-state index is 0.0332. The van der Waals surface area contributed by atoms with Gasteiger partial charge in [-0.25, -0.2) is 0 Å². The largest absolute Gasteiger partial charge is 0.481 e. The molecule has 2 N–H and O–H groups in total. The van der Waals surface area contributed by atoms with Gasteiger partial charge >= 0.3 is 5.97 Å². The van der Waals surface area contributed by atoms with Crippen LogP contribution in [0.1, 0.15) is 113 Å². The summed E-state index contributed by atoms with van der Waals surface area (Å²) < 4.78 is 0. The molecule has 0 spiro atoms. The maximum atomic E-state index is 12.3. The summed E-state index contributed by atoms with van der Waals surface area (Å²) in [5.74, 6) is 1.02. The predicted octanol–water partition coefficient (Wildman–Crippen LogP) is 7.23. The van der Waals surface area contributed by atoms with E-state index in [0.29, 0.717) is 17.8 Å². The van der Waals surface area contributed by atoms with Gasteiger partial charge in [0.25, 0.3) is 0 Å². The molecule has 0 bridgehead atoms. The van der Waals surface area contributed by atoms with Gasteiger partial charge in [-0.1, -0.05) is 53.2 Å². The summed E-state index contributed by atoms with van der Waals surface area (Å²) in [5, 5.41) is 21.0. The number of carboxylic acid groups (broad SMARTS) is 1. The molecule has 5 rings (SSSR count). The minimum Gasteiger partial charge on any atom is -0.481 e. The second-order valence-corrected chi connectivity index (χ2v) is 14.9. The lowest BCUT2D eigenvalue weighted by Crippen LogP contribution is -2.63. The Bertz CT molecular complexity index is 889. The number of carbonyl (C=O) groups is 1. The number of rotatable bonds is 1. The molecular weight excluding hydrogens is 408 g/mol. The van der Waals surface area contributed by atoms with Gasteiger partial charge in [0.15, 0.2) is 0 Å². The van der Waals surface area contributed by atoms with Gasteiger partial charge in [-0.2, -0.15) is 0 Å². The van der Waals surface area contributed by atoms with Crippen LogP contribution in [0, 0.1) is 50.2 Å². The average molecular weight is 457 g/mol. The molecule has 4 saturated carbocycles. The van der Waals surface area contributed by atoms with Gasteiger partial charge in [0, 0.05) is 0 Å². The Balaban J connectivity index is 1.56. The zero-order valence-electron chi connectivity index (χ0n) is 22.3. The van der Waals surface area contributed by atoms with Crippen LogP contribution in [-0.2, 0) is 4.79 Å². The quantitative estimate of drug-likeness (QED) is 0.409. The molecule has 5 aliphatic rings. The highest BCUT2D eigenvalue weighted by Gasteiger charge is 2.68. The first-order valence-electron chi connectivity index (χ1n) is 13.8. The summed E-state index contributed by atoms with van der Waals surface area (Å²) in [7, 11) is 0. The first kappa shape index (κ1) is 23.9. The fourth-order valence-electron chi connectivity index (χ4n) is 10.5. The van der Waals surface area contributed by atoms with Crippen molar-refractivity contribution in [1.82, 2.24) is 0 Å². The van der Waals surface area contributed by atoms with E-state index in [-0.39, 0.29) is 33.2 Å². The van der Waals surface area contributed by atoms with E-state index in [9.17, 15) is 15.0 Å². The summed E-state index contributed by atoms with van der Waals surface area (Å²) in [4.78, 5) is 12.3. The molecule has 5 aliphatic carbocycles. The van der Waals surface area contributed by atoms with Crippen molar-refractivity contribution in [3.05, 3.63) is 11.6 Å². The third kappa shape index (κ3) is 2.87. The van der Waals surface area contributed by atoms with Crippen molar-refractivity contribution in [1.29, 1.82) is 0 Å². The Morgan fingerprint density at radius 3 is 2.21 bits per heavy atom. The SMILES string of the molecule is CC1(C(=O)O)CCC2(C)CCC3(C)C4=CCC5C(C)(C)C(O)CCC5(C)C4CCC3(C)C2C1. The number of allylic oxidation sites excluding steroid dienone is 2. The van der Waals surface area contributed by atoms with Crippen LogP contribution in [0.15, 0.2) is 11.6 Å². The molecule has 0 aromatic rings. The number of carboxylic acids is 1. The predicted molar refractivity (Wildman–Crippen MR) is 133 cm³/mol. The van der Waals surface area contributed by atoms with Crippen molar-refractivity contribution in [3.8, 4) is 0 Å². The van der Waals surface area contributed by atoms with E-state index >= 15 is 0 Å². The van der Waals surface area contributed by atoms with Crippen molar-refractivity contribution in [3.63, 3.8) is 0 Å².